The van der Waals surface area contributed by atoms with E-state index in [0.29, 0.717) is 6.54 Å². The number of hydrogen-bond donors (Lipinski definition) is 1. The molecule has 1 N–H and O–H groups in total. The third-order valence-corrected chi connectivity index (χ3v) is 5.40. The highest BCUT2D eigenvalue weighted by atomic mass is 16.2. The molecule has 2 saturated heterocycles. The molecule has 26 heavy (non-hydrogen) atoms. The van der Waals surface area contributed by atoms with Crippen LogP contribution in [0.5, 0.6) is 0 Å². The Hall–Kier alpha value is -1.92. The third kappa shape index (κ3) is 4.83. The fraction of sp³-hybridized carbons (Fsp3) is 0.600. The largest absolute Gasteiger partial charge is 0.342 e. The standard InChI is InChI=1S/C20H30N4O2/c1-2-18(20(26)21-17-8-4-3-5-9-17)23-14-12-22(13-15-23)16-19(25)24-10-6-7-11-24/h3-5,8-9,18H,2,6-7,10-16H2,1H3,(H,21,26)/t18-/m1/s1. The Morgan fingerprint density at radius 3 is 2.27 bits per heavy atom. The van der Waals surface area contributed by atoms with E-state index in [1.54, 1.807) is 0 Å². The van der Waals surface area contributed by atoms with E-state index in [1.165, 1.54) is 0 Å². The number of anilines is 1. The van der Waals surface area contributed by atoms with Crippen LogP contribution in [-0.2, 0) is 9.59 Å². The lowest BCUT2D eigenvalue weighted by molar-refractivity contribution is -0.132. The Balaban J connectivity index is 1.47. The number of nitrogens with one attached hydrogen (secondary N) is 1. The number of carbonyl (C=O) groups is 2. The highest BCUT2D eigenvalue weighted by Crippen LogP contribution is 2.14. The van der Waals surface area contributed by atoms with Crippen LogP contribution in [0.4, 0.5) is 5.69 Å². The maximum absolute atomic E-state index is 12.6. The maximum Gasteiger partial charge on any atom is 0.241 e. The van der Waals surface area contributed by atoms with Crippen LogP contribution >= 0.6 is 0 Å². The van der Waals surface area contributed by atoms with Gasteiger partial charge in [-0.05, 0) is 31.4 Å². The Kier molecular flexibility index (Phi) is 6.63. The van der Waals surface area contributed by atoms with Crippen LogP contribution in [0.25, 0.3) is 0 Å². The van der Waals surface area contributed by atoms with Crippen LogP contribution in [-0.4, -0.2) is 78.4 Å². The van der Waals surface area contributed by atoms with Gasteiger partial charge in [0.05, 0.1) is 12.6 Å². The third-order valence-electron chi connectivity index (χ3n) is 5.40. The molecule has 0 saturated carbocycles. The average Bonchev–Trinajstić information content (AvgIpc) is 3.19. The van der Waals surface area contributed by atoms with E-state index in [0.717, 1.165) is 64.2 Å². The van der Waals surface area contributed by atoms with E-state index in [-0.39, 0.29) is 17.9 Å². The van der Waals surface area contributed by atoms with Crippen LogP contribution in [0.1, 0.15) is 26.2 Å². The summed E-state index contributed by atoms with van der Waals surface area (Å²) in [5, 5.41) is 3.02. The maximum atomic E-state index is 12.6. The number of para-hydroxylation sites is 1. The lowest BCUT2D eigenvalue weighted by Crippen LogP contribution is -2.55. The zero-order valence-corrected chi connectivity index (χ0v) is 15.7. The van der Waals surface area contributed by atoms with Crippen molar-refractivity contribution < 1.29 is 9.59 Å². The molecule has 0 spiro atoms. The topological polar surface area (TPSA) is 55.9 Å². The Labute approximate surface area is 156 Å². The van der Waals surface area contributed by atoms with Crippen molar-refractivity contribution in [2.24, 2.45) is 0 Å². The summed E-state index contributed by atoms with van der Waals surface area (Å²) in [4.78, 5) is 31.4. The minimum atomic E-state index is -0.119. The predicted octanol–water partition coefficient (Wildman–Crippen LogP) is 1.64. The highest BCUT2D eigenvalue weighted by Gasteiger charge is 2.29. The Morgan fingerprint density at radius 1 is 1.00 bits per heavy atom. The molecule has 2 heterocycles. The normalized spacial score (nSPS) is 20.1. The van der Waals surface area contributed by atoms with Crippen molar-refractivity contribution in [3.8, 4) is 0 Å². The number of rotatable bonds is 6. The second kappa shape index (κ2) is 9.14. The summed E-state index contributed by atoms with van der Waals surface area (Å²) in [5.41, 5.74) is 0.839. The minimum absolute atomic E-state index is 0.0558. The first-order valence-electron chi connectivity index (χ1n) is 9.77. The molecule has 1 aromatic rings. The molecule has 1 aromatic carbocycles. The van der Waals surface area contributed by atoms with Gasteiger partial charge in [-0.1, -0.05) is 25.1 Å². The molecule has 0 aromatic heterocycles. The average molecular weight is 358 g/mol. The Bertz CT molecular complexity index is 593. The second-order valence-electron chi connectivity index (χ2n) is 7.18. The molecule has 2 aliphatic heterocycles. The van der Waals surface area contributed by atoms with Crippen molar-refractivity contribution in [2.45, 2.75) is 32.2 Å². The molecule has 1 atom stereocenters. The van der Waals surface area contributed by atoms with Gasteiger partial charge in [-0.25, -0.2) is 0 Å². The second-order valence-corrected chi connectivity index (χ2v) is 7.18. The summed E-state index contributed by atoms with van der Waals surface area (Å²) in [6.07, 6.45) is 3.05. The van der Waals surface area contributed by atoms with Gasteiger partial charge in [-0.3, -0.25) is 19.4 Å². The molecule has 142 valence electrons. The van der Waals surface area contributed by atoms with Gasteiger partial charge in [0.1, 0.15) is 0 Å². The van der Waals surface area contributed by atoms with E-state index in [1.807, 2.05) is 35.2 Å². The van der Waals surface area contributed by atoms with Crippen molar-refractivity contribution in [3.05, 3.63) is 30.3 Å². The summed E-state index contributed by atoms with van der Waals surface area (Å²) in [5.74, 6) is 0.310. The van der Waals surface area contributed by atoms with E-state index in [2.05, 4.69) is 22.0 Å². The van der Waals surface area contributed by atoms with Gasteiger partial charge < -0.3 is 10.2 Å². The molecule has 0 aliphatic carbocycles. The lowest BCUT2D eigenvalue weighted by Gasteiger charge is -2.38. The SMILES string of the molecule is CC[C@H](C(=O)Nc1ccccc1)N1CCN(CC(=O)N2CCCC2)CC1. The predicted molar refractivity (Wildman–Crippen MR) is 103 cm³/mol. The van der Waals surface area contributed by atoms with Gasteiger partial charge >= 0.3 is 0 Å². The number of hydrogen-bond acceptors (Lipinski definition) is 4. The number of amides is 2. The molecule has 0 radical (unpaired) electrons. The van der Waals surface area contributed by atoms with Gasteiger partial charge in [0.2, 0.25) is 11.8 Å². The quantitative estimate of drug-likeness (QED) is 0.840. The van der Waals surface area contributed by atoms with E-state index in [9.17, 15) is 9.59 Å². The molecule has 2 amide bonds. The number of nitrogens with zero attached hydrogens (tertiary/aromatic N) is 3. The van der Waals surface area contributed by atoms with Gasteiger partial charge in [0.15, 0.2) is 0 Å². The fourth-order valence-corrected chi connectivity index (χ4v) is 3.85. The summed E-state index contributed by atoms with van der Waals surface area (Å²) in [6.45, 7) is 7.73. The first kappa shape index (κ1) is 18.9. The molecule has 2 fully saturated rings. The highest BCUT2D eigenvalue weighted by molar-refractivity contribution is 5.94. The number of likely N-dealkylation sites (tertiary alicyclic amines) is 1. The Morgan fingerprint density at radius 2 is 1.65 bits per heavy atom. The molecule has 2 aliphatic rings. The number of carbonyl (C=O) groups excluding carboxylic acids is 2. The zero-order chi connectivity index (χ0) is 18.4. The molecule has 0 unspecified atom stereocenters. The van der Waals surface area contributed by atoms with Gasteiger partial charge in [0, 0.05) is 45.0 Å². The van der Waals surface area contributed by atoms with Gasteiger partial charge in [-0.2, -0.15) is 0 Å². The van der Waals surface area contributed by atoms with Crippen molar-refractivity contribution >= 4 is 17.5 Å². The molecule has 0 bridgehead atoms. The van der Waals surface area contributed by atoms with E-state index in [4.69, 9.17) is 0 Å². The van der Waals surface area contributed by atoms with E-state index < -0.39 is 0 Å². The van der Waals surface area contributed by atoms with Gasteiger partial charge in [0.25, 0.3) is 0 Å². The van der Waals surface area contributed by atoms with Crippen LogP contribution in [0.3, 0.4) is 0 Å². The number of piperazine rings is 1. The molecule has 3 rings (SSSR count). The summed E-state index contributed by atoms with van der Waals surface area (Å²) < 4.78 is 0. The molecular formula is C20H30N4O2. The van der Waals surface area contributed by atoms with Crippen molar-refractivity contribution in [1.29, 1.82) is 0 Å². The van der Waals surface area contributed by atoms with Crippen LogP contribution in [0.2, 0.25) is 0 Å². The van der Waals surface area contributed by atoms with Crippen LogP contribution < -0.4 is 5.32 Å². The van der Waals surface area contributed by atoms with E-state index >= 15 is 0 Å². The van der Waals surface area contributed by atoms with Crippen molar-refractivity contribution in [3.63, 3.8) is 0 Å². The van der Waals surface area contributed by atoms with Gasteiger partial charge in [-0.15, -0.1) is 0 Å². The van der Waals surface area contributed by atoms with Crippen molar-refractivity contribution in [1.82, 2.24) is 14.7 Å². The first-order chi connectivity index (χ1) is 12.7. The lowest BCUT2D eigenvalue weighted by atomic mass is 10.1. The first-order valence-corrected chi connectivity index (χ1v) is 9.77. The minimum Gasteiger partial charge on any atom is -0.342 e. The van der Waals surface area contributed by atoms with Crippen LogP contribution in [0.15, 0.2) is 30.3 Å². The molecule has 6 heteroatoms. The van der Waals surface area contributed by atoms with Crippen LogP contribution in [0, 0.1) is 0 Å². The number of benzene rings is 1. The molecular weight excluding hydrogens is 328 g/mol. The zero-order valence-electron chi connectivity index (χ0n) is 15.7. The molecule has 6 nitrogen and oxygen atoms in total. The van der Waals surface area contributed by atoms with Crippen molar-refractivity contribution in [2.75, 3.05) is 51.1 Å². The summed E-state index contributed by atoms with van der Waals surface area (Å²) in [6, 6.07) is 9.49. The smallest absolute Gasteiger partial charge is 0.241 e. The summed E-state index contributed by atoms with van der Waals surface area (Å²) in [7, 11) is 0. The summed E-state index contributed by atoms with van der Waals surface area (Å²) >= 11 is 0. The monoisotopic (exact) mass is 358 g/mol. The fourth-order valence-electron chi connectivity index (χ4n) is 3.85.